The van der Waals surface area contributed by atoms with Crippen molar-refractivity contribution in [1.82, 2.24) is 0 Å². The third kappa shape index (κ3) is 21.4. The molecule has 35 heavy (non-hydrogen) atoms. The first-order valence-corrected chi connectivity index (χ1v) is 16.0. The van der Waals surface area contributed by atoms with Crippen molar-refractivity contribution in [3.8, 4) is 0 Å². The maximum Gasteiger partial charge on any atom is 1.00 e. The molecule has 198 valence electrons. The van der Waals surface area contributed by atoms with Crippen LogP contribution < -0.4 is 51.4 Å². The van der Waals surface area contributed by atoms with Gasteiger partial charge in [0, 0.05) is 0 Å². The van der Waals surface area contributed by atoms with Crippen molar-refractivity contribution in [2.75, 3.05) is 0 Å². The van der Waals surface area contributed by atoms with E-state index in [-0.39, 0.29) is 56.3 Å². The van der Waals surface area contributed by atoms with Gasteiger partial charge in [0.2, 0.25) is 0 Å². The minimum Gasteiger partial charge on any atom is -0.744 e. The molecule has 1 aromatic rings. The Balaban J connectivity index is 0.0000116. The molecule has 0 unspecified atom stereocenters. The van der Waals surface area contributed by atoms with Crippen LogP contribution in [0.4, 0.5) is 0 Å². The molecule has 0 fully saturated rings. The standard InChI is InChI=1S/C30H54O3S.K/c1-2-3-4-5-6-7-8-9-10-11-12-13-14-15-16-17-18-19-20-21-22-23-26-29-27-24-25-28-30(29)34(31,32)33;/h24-25,27-28H,2-23,26H2,1H3,(H,31,32,33);/q;+1/p-1. The van der Waals surface area contributed by atoms with Gasteiger partial charge < -0.3 is 4.55 Å². The second kappa shape index (κ2) is 25.1. The zero-order valence-electron chi connectivity index (χ0n) is 23.2. The molecule has 0 bridgehead atoms. The van der Waals surface area contributed by atoms with Gasteiger partial charge in [-0.2, -0.15) is 0 Å². The van der Waals surface area contributed by atoms with Gasteiger partial charge in [-0.1, -0.05) is 160 Å². The summed E-state index contributed by atoms with van der Waals surface area (Å²) in [6, 6.07) is 6.62. The van der Waals surface area contributed by atoms with Gasteiger partial charge in [-0.15, -0.1) is 0 Å². The normalized spacial score (nSPS) is 11.5. The monoisotopic (exact) mass is 532 g/mol. The molecule has 0 N–H and O–H groups in total. The summed E-state index contributed by atoms with van der Waals surface area (Å²) in [5.74, 6) is 0. The summed E-state index contributed by atoms with van der Waals surface area (Å²) in [5, 5.41) is 0. The molecular weight excluding hydrogens is 479 g/mol. The second-order valence-electron chi connectivity index (χ2n) is 10.2. The number of hydrogen-bond donors (Lipinski definition) is 0. The van der Waals surface area contributed by atoms with Gasteiger partial charge in [0.05, 0.1) is 4.90 Å². The van der Waals surface area contributed by atoms with E-state index in [1.54, 1.807) is 12.1 Å². The summed E-state index contributed by atoms with van der Waals surface area (Å²) in [6.45, 7) is 2.29. The Labute approximate surface area is 261 Å². The Morgan fingerprint density at radius 3 is 1.20 bits per heavy atom. The Morgan fingerprint density at radius 1 is 0.543 bits per heavy atom. The molecule has 0 saturated heterocycles. The van der Waals surface area contributed by atoms with Crippen molar-refractivity contribution in [2.45, 2.75) is 159 Å². The summed E-state index contributed by atoms with van der Waals surface area (Å²) in [5.41, 5.74) is 0.672. The van der Waals surface area contributed by atoms with E-state index in [2.05, 4.69) is 6.92 Å². The maximum absolute atomic E-state index is 11.3. The Morgan fingerprint density at radius 2 is 0.857 bits per heavy atom. The molecular formula is C30H53KO3S. The van der Waals surface area contributed by atoms with Gasteiger partial charge >= 0.3 is 51.4 Å². The third-order valence-electron chi connectivity index (χ3n) is 7.04. The van der Waals surface area contributed by atoms with Crippen molar-refractivity contribution in [2.24, 2.45) is 0 Å². The van der Waals surface area contributed by atoms with E-state index < -0.39 is 10.1 Å². The van der Waals surface area contributed by atoms with E-state index in [1.165, 1.54) is 134 Å². The van der Waals surface area contributed by atoms with Crippen LogP contribution >= 0.6 is 0 Å². The minimum atomic E-state index is -4.36. The smallest absolute Gasteiger partial charge is 0.744 e. The molecule has 0 aliphatic rings. The van der Waals surface area contributed by atoms with Gasteiger partial charge in [-0.05, 0) is 24.5 Å². The zero-order chi connectivity index (χ0) is 24.7. The predicted molar refractivity (Wildman–Crippen MR) is 145 cm³/mol. The first-order chi connectivity index (χ1) is 16.6. The van der Waals surface area contributed by atoms with Crippen molar-refractivity contribution in [3.05, 3.63) is 29.8 Å². The molecule has 0 radical (unpaired) electrons. The molecule has 1 aromatic carbocycles. The van der Waals surface area contributed by atoms with Crippen LogP contribution in [0.1, 0.15) is 154 Å². The Bertz CT molecular complexity index is 691. The van der Waals surface area contributed by atoms with Crippen LogP contribution in [0.15, 0.2) is 29.2 Å². The number of rotatable bonds is 24. The van der Waals surface area contributed by atoms with Crippen LogP contribution in [-0.2, 0) is 16.5 Å². The molecule has 0 amide bonds. The van der Waals surface area contributed by atoms with Gasteiger partial charge in [-0.25, -0.2) is 8.42 Å². The largest absolute Gasteiger partial charge is 1.00 e. The van der Waals surface area contributed by atoms with Crippen LogP contribution in [0, 0.1) is 0 Å². The summed E-state index contributed by atoms with van der Waals surface area (Å²) >= 11 is 0. The van der Waals surface area contributed by atoms with Gasteiger partial charge in [0.1, 0.15) is 10.1 Å². The first kappa shape index (κ1) is 35.8. The molecule has 0 aliphatic carbocycles. The molecule has 0 aromatic heterocycles. The van der Waals surface area contributed by atoms with Crippen LogP contribution in [0.25, 0.3) is 0 Å². The average Bonchev–Trinajstić information content (AvgIpc) is 2.82. The molecule has 5 heteroatoms. The molecule has 1 rings (SSSR count). The van der Waals surface area contributed by atoms with E-state index in [1.807, 2.05) is 6.07 Å². The first-order valence-electron chi connectivity index (χ1n) is 14.6. The van der Waals surface area contributed by atoms with Gasteiger partial charge in [0.15, 0.2) is 0 Å². The van der Waals surface area contributed by atoms with E-state index in [4.69, 9.17) is 0 Å². The summed E-state index contributed by atoms with van der Waals surface area (Å²) < 4.78 is 34.0. The Hall–Kier alpha value is 0.766. The van der Waals surface area contributed by atoms with E-state index in [0.717, 1.165) is 12.8 Å². The second-order valence-corrected chi connectivity index (χ2v) is 11.6. The van der Waals surface area contributed by atoms with Crippen molar-refractivity contribution in [3.63, 3.8) is 0 Å². The topological polar surface area (TPSA) is 57.2 Å². The fourth-order valence-corrected chi connectivity index (χ4v) is 5.61. The van der Waals surface area contributed by atoms with Crippen molar-refractivity contribution < 1.29 is 64.4 Å². The van der Waals surface area contributed by atoms with Gasteiger partial charge in [0.25, 0.3) is 0 Å². The molecule has 3 nitrogen and oxygen atoms in total. The predicted octanol–water partition coefficient (Wildman–Crippen LogP) is 6.74. The zero-order valence-corrected chi connectivity index (χ0v) is 27.1. The maximum atomic E-state index is 11.3. The van der Waals surface area contributed by atoms with Crippen LogP contribution in [0.5, 0.6) is 0 Å². The van der Waals surface area contributed by atoms with Crippen LogP contribution in [-0.4, -0.2) is 13.0 Å². The number of aryl methyl sites for hydroxylation is 1. The summed E-state index contributed by atoms with van der Waals surface area (Å²) in [6.07, 6.45) is 30.6. The molecule has 0 atom stereocenters. The minimum absolute atomic E-state index is 0. The fraction of sp³-hybridized carbons (Fsp3) is 0.800. The Kier molecular flexibility index (Phi) is 25.6. The SMILES string of the molecule is CCCCCCCCCCCCCCCCCCCCCCCCc1ccccc1S(=O)(=O)[O-].[K+]. The number of unbranched alkanes of at least 4 members (excludes halogenated alkanes) is 21. The quantitative estimate of drug-likeness (QED) is 0.0841. The van der Waals surface area contributed by atoms with Crippen LogP contribution in [0.3, 0.4) is 0 Å². The molecule has 0 aliphatic heterocycles. The van der Waals surface area contributed by atoms with E-state index in [0.29, 0.717) is 12.0 Å². The summed E-state index contributed by atoms with van der Waals surface area (Å²) in [4.78, 5) is -0.0431. The molecule has 0 heterocycles. The van der Waals surface area contributed by atoms with E-state index in [9.17, 15) is 13.0 Å². The van der Waals surface area contributed by atoms with E-state index >= 15 is 0 Å². The molecule has 0 spiro atoms. The number of hydrogen-bond acceptors (Lipinski definition) is 3. The third-order valence-corrected chi connectivity index (χ3v) is 7.98. The van der Waals surface area contributed by atoms with Crippen LogP contribution in [0.2, 0.25) is 0 Å². The molecule has 0 saturated carbocycles. The van der Waals surface area contributed by atoms with Gasteiger partial charge in [-0.3, -0.25) is 0 Å². The van der Waals surface area contributed by atoms with Crippen molar-refractivity contribution >= 4 is 10.1 Å². The van der Waals surface area contributed by atoms with Crippen molar-refractivity contribution in [1.29, 1.82) is 0 Å². The summed E-state index contributed by atoms with van der Waals surface area (Å²) in [7, 11) is -4.36. The fourth-order valence-electron chi connectivity index (χ4n) is 4.88. The average molecular weight is 533 g/mol. The number of benzene rings is 1.